The van der Waals surface area contributed by atoms with Crippen molar-refractivity contribution in [2.24, 2.45) is 40.9 Å². The number of nitrogens with one attached hydrogen (secondary N) is 1. The first-order chi connectivity index (χ1) is 36.2. The quantitative estimate of drug-likeness (QED) is 0.0197. The summed E-state index contributed by atoms with van der Waals surface area (Å²) < 4.78 is 115. The van der Waals surface area contributed by atoms with E-state index in [-0.39, 0.29) is 100 Å². The van der Waals surface area contributed by atoms with Crippen molar-refractivity contribution in [3.05, 3.63) is 138 Å². The summed E-state index contributed by atoms with van der Waals surface area (Å²) in [6.07, 6.45) is -0.237. The van der Waals surface area contributed by atoms with E-state index in [1.807, 2.05) is 42.5 Å². The fourth-order valence-corrected chi connectivity index (χ4v) is 8.76. The smallest absolute Gasteiger partial charge is 0.296 e. The molecule has 0 amide bonds. The molecule has 76 heavy (non-hydrogen) atoms. The summed E-state index contributed by atoms with van der Waals surface area (Å²) in [4.78, 5) is -0.482. The average molecular weight is 1100 g/mol. The molecule has 0 fully saturated rings. The summed E-state index contributed by atoms with van der Waals surface area (Å²) in [5.74, 6) is -1.03. The third kappa shape index (κ3) is 15.2. The Kier molecular flexibility index (Phi) is 17.9. The van der Waals surface area contributed by atoms with Gasteiger partial charge in [0.25, 0.3) is 30.4 Å². The Morgan fingerprint density at radius 2 is 1.00 bits per heavy atom. The van der Waals surface area contributed by atoms with Crippen molar-refractivity contribution in [3.8, 4) is 23.0 Å². The van der Waals surface area contributed by atoms with Crippen LogP contribution in [0.3, 0.4) is 0 Å². The highest BCUT2D eigenvalue weighted by molar-refractivity contribution is 7.86. The summed E-state index contributed by atoms with van der Waals surface area (Å²) in [5, 5.41) is 60.7. The van der Waals surface area contributed by atoms with Crippen LogP contribution < -0.4 is 19.5 Å². The van der Waals surface area contributed by atoms with Crippen LogP contribution in [0.2, 0.25) is 0 Å². The zero-order valence-electron chi connectivity index (χ0n) is 40.7. The first-order valence-electron chi connectivity index (χ1n) is 22.8. The second-order valence-corrected chi connectivity index (χ2v) is 21.1. The molecule has 0 aliphatic carbocycles. The molecular formula is C50H49N9O14S3. The van der Waals surface area contributed by atoms with Crippen LogP contribution >= 0.6 is 0 Å². The number of aryl methyl sites for hydroxylation is 2. The number of anilines is 2. The van der Waals surface area contributed by atoms with Crippen LogP contribution in [0.5, 0.6) is 23.0 Å². The molecule has 0 unspecified atom stereocenters. The molecule has 23 nitrogen and oxygen atoms in total. The normalized spacial score (nSPS) is 12.4. The van der Waals surface area contributed by atoms with Crippen molar-refractivity contribution in [2.45, 2.75) is 38.2 Å². The Morgan fingerprint density at radius 1 is 0.500 bits per heavy atom. The lowest BCUT2D eigenvalue weighted by Crippen LogP contribution is -2.08. The number of hydrogen-bond acceptors (Lipinski definition) is 20. The maximum absolute atomic E-state index is 11.9. The molecule has 7 rings (SSSR count). The number of phenolic OH excluding ortho intramolecular Hbond substituents is 1. The van der Waals surface area contributed by atoms with Crippen molar-refractivity contribution in [1.82, 2.24) is 0 Å². The van der Waals surface area contributed by atoms with Crippen LogP contribution in [-0.2, 0) is 37.0 Å². The topological polar surface area (TPSA) is 342 Å². The van der Waals surface area contributed by atoms with E-state index >= 15 is 0 Å². The number of aromatic hydroxyl groups is 1. The van der Waals surface area contributed by atoms with Crippen LogP contribution in [-0.4, -0.2) is 81.0 Å². The van der Waals surface area contributed by atoms with Crippen molar-refractivity contribution >= 4 is 98.0 Å². The zero-order chi connectivity index (χ0) is 54.6. The fraction of sp³-hybridized carbons (Fsp3) is 0.200. The van der Waals surface area contributed by atoms with Crippen LogP contribution in [0.4, 0.5) is 56.9 Å². The SMILES string of the molecule is COc1cc(N=Nc2cc(C)c(N=Nc3cc(C)c(N=Nc4ccccc4S(=O)(=O)O)cc3OCCCS(=O)(=O)O)cc2OCCCS(=O)(=O)O)c(CO)cc1N=Nc1ccc2cc(Nc3ccccc3)ccc2c1O. The van der Waals surface area contributed by atoms with Crippen molar-refractivity contribution in [3.63, 3.8) is 0 Å². The first kappa shape index (κ1) is 55.6. The number of phenols is 1. The van der Waals surface area contributed by atoms with Crippen LogP contribution in [0.15, 0.2) is 167 Å². The summed E-state index contributed by atoms with van der Waals surface area (Å²) in [6.45, 7) is 2.38. The number of para-hydroxylation sites is 1. The lowest BCUT2D eigenvalue weighted by atomic mass is 10.1. The highest BCUT2D eigenvalue weighted by Crippen LogP contribution is 2.43. The highest BCUT2D eigenvalue weighted by atomic mass is 32.2. The standard InChI is InChI=1S/C50H49N9O14S3/c1-31-23-43(47(72-19-9-21-74(62,63)64)27-40(31)54-52-38-13-7-8-14-49(38)76(68,69)70)57-55-41-28-48(73-20-10-22-75(65,66)67)44(24-32(41)2)58-56-42-29-46(71-3)45(26-34(42)30-60)59-53-39-18-15-33-25-36(16-17-37(33)50(39)61)51-35-11-5-4-6-12-35/h4-8,11-18,23-29,51,60-61H,9-10,19-22,30H2,1-3H3,(H,62,63,64)(H,65,66,67)(H,68,69,70). The van der Waals surface area contributed by atoms with Crippen LogP contribution in [0.1, 0.15) is 29.5 Å². The number of ether oxygens (including phenoxy) is 3. The summed E-state index contributed by atoms with van der Waals surface area (Å²) in [6, 6.07) is 32.8. The number of rotatable bonds is 23. The van der Waals surface area contributed by atoms with E-state index in [1.54, 1.807) is 38.1 Å². The van der Waals surface area contributed by atoms with Gasteiger partial charge < -0.3 is 29.7 Å². The van der Waals surface area contributed by atoms with E-state index in [4.69, 9.17) is 14.2 Å². The molecule has 0 spiro atoms. The Bertz CT molecular complexity index is 3750. The second kappa shape index (κ2) is 24.5. The third-order valence-corrected chi connectivity index (χ3v) is 13.5. The molecule has 0 saturated carbocycles. The molecule has 0 heterocycles. The lowest BCUT2D eigenvalue weighted by Gasteiger charge is -2.12. The van der Waals surface area contributed by atoms with Gasteiger partial charge in [0.05, 0.1) is 55.5 Å². The number of aliphatic hydroxyl groups is 1. The van der Waals surface area contributed by atoms with Gasteiger partial charge in [-0.2, -0.15) is 35.5 Å². The third-order valence-electron chi connectivity index (χ3n) is 11.0. The molecule has 0 atom stereocenters. The number of benzene rings is 7. The monoisotopic (exact) mass is 1100 g/mol. The minimum atomic E-state index is -4.65. The van der Waals surface area contributed by atoms with Crippen LogP contribution in [0, 0.1) is 13.8 Å². The first-order valence-corrected chi connectivity index (χ1v) is 27.4. The summed E-state index contributed by atoms with van der Waals surface area (Å²) >= 11 is 0. The molecule has 7 aromatic carbocycles. The molecule has 0 aromatic heterocycles. The molecule has 0 bridgehead atoms. The lowest BCUT2D eigenvalue weighted by molar-refractivity contribution is 0.282. The number of aliphatic hydroxyl groups excluding tert-OH is 1. The van der Waals surface area contributed by atoms with Crippen molar-refractivity contribution < 1.29 is 63.3 Å². The van der Waals surface area contributed by atoms with Gasteiger partial charge in [-0.05, 0) is 110 Å². The maximum atomic E-state index is 11.9. The molecule has 0 aliphatic heterocycles. The largest absolute Gasteiger partial charge is 0.505 e. The number of nitrogens with zero attached hydrogens (tertiary/aromatic N) is 8. The predicted octanol–water partition coefficient (Wildman–Crippen LogP) is 12.6. The maximum Gasteiger partial charge on any atom is 0.296 e. The summed E-state index contributed by atoms with van der Waals surface area (Å²) in [7, 11) is -11.9. The second-order valence-electron chi connectivity index (χ2n) is 16.6. The molecule has 6 N–H and O–H groups in total. The van der Waals surface area contributed by atoms with Crippen molar-refractivity contribution in [2.75, 3.05) is 37.1 Å². The minimum Gasteiger partial charge on any atom is -0.505 e. The van der Waals surface area contributed by atoms with Gasteiger partial charge in [0.15, 0.2) is 5.75 Å². The van der Waals surface area contributed by atoms with Gasteiger partial charge in [-0.3, -0.25) is 13.7 Å². The van der Waals surface area contributed by atoms with E-state index in [0.717, 1.165) is 22.8 Å². The van der Waals surface area contributed by atoms with Gasteiger partial charge >= 0.3 is 0 Å². The van der Waals surface area contributed by atoms with Gasteiger partial charge in [-0.25, -0.2) is 0 Å². The van der Waals surface area contributed by atoms with Gasteiger partial charge in [0.1, 0.15) is 50.6 Å². The molecule has 396 valence electrons. The zero-order valence-corrected chi connectivity index (χ0v) is 43.2. The summed E-state index contributed by atoms with van der Waals surface area (Å²) in [5.41, 5.74) is 3.95. The van der Waals surface area contributed by atoms with Gasteiger partial charge in [-0.15, -0.1) is 30.7 Å². The molecular weight excluding hydrogens is 1050 g/mol. The van der Waals surface area contributed by atoms with E-state index in [0.29, 0.717) is 16.5 Å². The molecule has 26 heteroatoms. The van der Waals surface area contributed by atoms with Crippen LogP contribution in [0.25, 0.3) is 10.8 Å². The molecule has 0 aliphatic rings. The Labute approximate surface area is 436 Å². The molecule has 0 saturated heterocycles. The number of methoxy groups -OCH3 is 1. The Morgan fingerprint density at radius 3 is 1.55 bits per heavy atom. The average Bonchev–Trinajstić information content (AvgIpc) is 3.37. The van der Waals surface area contributed by atoms with E-state index in [2.05, 4.69) is 46.2 Å². The van der Waals surface area contributed by atoms with E-state index < -0.39 is 53.4 Å². The van der Waals surface area contributed by atoms with Gasteiger partial charge in [0.2, 0.25) is 0 Å². The van der Waals surface area contributed by atoms with E-state index in [1.165, 1.54) is 55.6 Å². The molecule has 7 aromatic rings. The number of azo groups is 4. The Hall–Kier alpha value is -8.11. The fourth-order valence-electron chi connectivity index (χ4n) is 7.17. The number of fused-ring (bicyclic) bond motifs is 1. The van der Waals surface area contributed by atoms with Gasteiger partial charge in [0, 0.05) is 40.5 Å². The Balaban J connectivity index is 1.18. The predicted molar refractivity (Wildman–Crippen MR) is 283 cm³/mol. The van der Waals surface area contributed by atoms with Gasteiger partial charge in [-0.1, -0.05) is 36.4 Å². The van der Waals surface area contributed by atoms with E-state index in [9.17, 15) is 49.1 Å². The molecule has 0 radical (unpaired) electrons. The minimum absolute atomic E-state index is 0.0345. The number of hydrogen-bond donors (Lipinski definition) is 6. The van der Waals surface area contributed by atoms with Crippen molar-refractivity contribution in [1.29, 1.82) is 0 Å². The highest BCUT2D eigenvalue weighted by Gasteiger charge is 2.18.